The Labute approximate surface area is 187 Å². The lowest BCUT2D eigenvalue weighted by molar-refractivity contribution is -0.123. The second kappa shape index (κ2) is 10.6. The molecule has 0 saturated carbocycles. The Hall–Kier alpha value is -2.06. The van der Waals surface area contributed by atoms with E-state index < -0.39 is 0 Å². The first kappa shape index (κ1) is 23.2. The van der Waals surface area contributed by atoms with E-state index >= 15 is 0 Å². The zero-order chi connectivity index (χ0) is 21.6. The molecule has 0 aliphatic heterocycles. The third kappa shape index (κ3) is 5.96. The van der Waals surface area contributed by atoms with Crippen molar-refractivity contribution in [2.45, 2.75) is 26.7 Å². The van der Waals surface area contributed by atoms with Crippen molar-refractivity contribution in [3.05, 3.63) is 49.9 Å². The zero-order valence-corrected chi connectivity index (χ0v) is 20.2. The monoisotopic (exact) mass is 526 g/mol. The number of methoxy groups -OCH3 is 2. The number of carbonyl (C=O) groups is 1. The Bertz CT molecular complexity index is 914. The molecule has 1 amide bonds. The molecule has 0 atom stereocenters. The fourth-order valence-electron chi connectivity index (χ4n) is 2.56. The Balaban J connectivity index is 2.04. The molecule has 0 bridgehead atoms. The molecule has 6 nitrogen and oxygen atoms in total. The first-order valence-electron chi connectivity index (χ1n) is 8.93. The molecule has 2 aromatic rings. The number of carbonyl (C=O) groups excluding carboxylic acids is 1. The average Bonchev–Trinajstić information content (AvgIpc) is 2.71. The van der Waals surface area contributed by atoms with Crippen LogP contribution in [0.25, 0.3) is 0 Å². The van der Waals surface area contributed by atoms with Gasteiger partial charge in [0.15, 0.2) is 6.61 Å². The second-order valence-corrected chi connectivity index (χ2v) is 8.21. The second-order valence-electron chi connectivity index (χ2n) is 6.56. The van der Waals surface area contributed by atoms with E-state index in [1.165, 1.54) is 6.21 Å². The lowest BCUT2D eigenvalue weighted by Crippen LogP contribution is -2.25. The highest BCUT2D eigenvalue weighted by molar-refractivity contribution is 9.11. The third-order valence-electron chi connectivity index (χ3n) is 4.23. The molecule has 0 spiro atoms. The number of nitrogens with zero attached hydrogens (tertiary/aromatic N) is 1. The molecule has 0 unspecified atom stereocenters. The van der Waals surface area contributed by atoms with Crippen LogP contribution in [0.15, 0.2) is 38.3 Å². The highest BCUT2D eigenvalue weighted by Gasteiger charge is 2.17. The van der Waals surface area contributed by atoms with Gasteiger partial charge in [-0.1, -0.05) is 29.8 Å². The van der Waals surface area contributed by atoms with Gasteiger partial charge in [-0.3, -0.25) is 4.79 Å². The minimum Gasteiger partial charge on any atom is -0.497 e. The quantitative estimate of drug-likeness (QED) is 0.379. The van der Waals surface area contributed by atoms with Gasteiger partial charge in [0, 0.05) is 16.1 Å². The number of hydrazone groups is 1. The van der Waals surface area contributed by atoms with Crippen molar-refractivity contribution in [2.24, 2.45) is 5.10 Å². The van der Waals surface area contributed by atoms with Gasteiger partial charge >= 0.3 is 0 Å². The van der Waals surface area contributed by atoms with E-state index in [1.807, 2.05) is 13.0 Å². The Morgan fingerprint density at radius 2 is 1.93 bits per heavy atom. The van der Waals surface area contributed by atoms with Crippen LogP contribution in [-0.4, -0.2) is 32.9 Å². The molecule has 29 heavy (non-hydrogen) atoms. The van der Waals surface area contributed by atoms with Crippen LogP contribution < -0.4 is 19.6 Å². The van der Waals surface area contributed by atoms with E-state index in [1.54, 1.807) is 32.4 Å². The Kier molecular flexibility index (Phi) is 8.52. The molecule has 0 aromatic heterocycles. The van der Waals surface area contributed by atoms with E-state index in [4.69, 9.17) is 14.2 Å². The fraction of sp³-hybridized carbons (Fsp3) is 0.333. The molecule has 0 fully saturated rings. The highest BCUT2D eigenvalue weighted by Crippen LogP contribution is 2.40. The number of halogens is 2. The number of amides is 1. The van der Waals surface area contributed by atoms with Crippen molar-refractivity contribution in [1.82, 2.24) is 5.43 Å². The first-order chi connectivity index (χ1) is 13.8. The van der Waals surface area contributed by atoms with Crippen LogP contribution in [0.1, 0.15) is 36.5 Å². The fourth-order valence-corrected chi connectivity index (χ4v) is 3.82. The van der Waals surface area contributed by atoms with Gasteiger partial charge in [-0.2, -0.15) is 5.10 Å². The van der Waals surface area contributed by atoms with Crippen molar-refractivity contribution >= 4 is 44.0 Å². The van der Waals surface area contributed by atoms with E-state index in [0.717, 1.165) is 20.1 Å². The molecule has 8 heteroatoms. The smallest absolute Gasteiger partial charge is 0.277 e. The molecule has 0 heterocycles. The summed E-state index contributed by atoms with van der Waals surface area (Å²) in [5.74, 6) is 1.80. The van der Waals surface area contributed by atoms with Crippen LogP contribution in [0.3, 0.4) is 0 Å². The number of rotatable bonds is 8. The van der Waals surface area contributed by atoms with Gasteiger partial charge in [0.25, 0.3) is 5.91 Å². The van der Waals surface area contributed by atoms with Gasteiger partial charge in [-0.05, 0) is 58.1 Å². The summed E-state index contributed by atoms with van der Waals surface area (Å²) in [5, 5.41) is 3.98. The summed E-state index contributed by atoms with van der Waals surface area (Å²) in [6, 6.07) is 7.34. The number of ether oxygens (including phenoxy) is 3. The van der Waals surface area contributed by atoms with Crippen LogP contribution in [0.5, 0.6) is 17.2 Å². The predicted octanol–water partition coefficient (Wildman–Crippen LogP) is 5.19. The predicted molar refractivity (Wildman–Crippen MR) is 121 cm³/mol. The van der Waals surface area contributed by atoms with Crippen LogP contribution in [-0.2, 0) is 4.79 Å². The number of benzene rings is 2. The molecule has 156 valence electrons. The van der Waals surface area contributed by atoms with Gasteiger partial charge in [0.2, 0.25) is 0 Å². The SMILES string of the molecule is COc1ccc(/C=N/NC(=O)COc2c(C(C)C)cc(Br)c(C)c2Br)c(OC)c1. The van der Waals surface area contributed by atoms with E-state index in [2.05, 4.69) is 56.2 Å². The van der Waals surface area contributed by atoms with Crippen molar-refractivity contribution in [3.8, 4) is 17.2 Å². The Morgan fingerprint density at radius 1 is 1.21 bits per heavy atom. The third-order valence-corrected chi connectivity index (χ3v) is 6.01. The van der Waals surface area contributed by atoms with Crippen molar-refractivity contribution in [2.75, 3.05) is 20.8 Å². The van der Waals surface area contributed by atoms with Gasteiger partial charge in [-0.15, -0.1) is 0 Å². The molecule has 1 N–H and O–H groups in total. The molecule has 0 radical (unpaired) electrons. The maximum absolute atomic E-state index is 12.2. The standard InChI is InChI=1S/C21H24Br2N2O4/c1-12(2)16-9-17(22)13(3)20(23)21(16)29-11-19(26)25-24-10-14-6-7-15(27-4)8-18(14)28-5/h6-10,12H,11H2,1-5H3,(H,25,26)/b24-10+. The molecule has 0 aliphatic rings. The molecular weight excluding hydrogens is 504 g/mol. The van der Waals surface area contributed by atoms with Gasteiger partial charge in [0.05, 0.1) is 24.9 Å². The molecule has 0 aliphatic carbocycles. The van der Waals surface area contributed by atoms with Crippen molar-refractivity contribution < 1.29 is 19.0 Å². The van der Waals surface area contributed by atoms with Crippen LogP contribution in [0.4, 0.5) is 0 Å². The minimum absolute atomic E-state index is 0.156. The lowest BCUT2D eigenvalue weighted by atomic mass is 10.0. The van der Waals surface area contributed by atoms with Crippen molar-refractivity contribution in [1.29, 1.82) is 0 Å². The number of nitrogens with one attached hydrogen (secondary N) is 1. The summed E-state index contributed by atoms with van der Waals surface area (Å²) in [4.78, 5) is 12.2. The maximum Gasteiger partial charge on any atom is 0.277 e. The summed E-state index contributed by atoms with van der Waals surface area (Å²) in [6.45, 7) is 5.96. The maximum atomic E-state index is 12.2. The Morgan fingerprint density at radius 3 is 2.55 bits per heavy atom. The van der Waals surface area contributed by atoms with E-state index in [0.29, 0.717) is 22.8 Å². The number of hydrogen-bond acceptors (Lipinski definition) is 5. The van der Waals surface area contributed by atoms with Crippen molar-refractivity contribution in [3.63, 3.8) is 0 Å². The molecule has 2 rings (SSSR count). The lowest BCUT2D eigenvalue weighted by Gasteiger charge is -2.18. The van der Waals surface area contributed by atoms with Gasteiger partial charge < -0.3 is 14.2 Å². The summed E-state index contributed by atoms with van der Waals surface area (Å²) >= 11 is 7.13. The van der Waals surface area contributed by atoms with E-state index in [-0.39, 0.29) is 18.4 Å². The largest absolute Gasteiger partial charge is 0.497 e. The number of hydrogen-bond donors (Lipinski definition) is 1. The van der Waals surface area contributed by atoms with Gasteiger partial charge in [0.1, 0.15) is 17.2 Å². The van der Waals surface area contributed by atoms with Gasteiger partial charge in [-0.25, -0.2) is 5.43 Å². The highest BCUT2D eigenvalue weighted by atomic mass is 79.9. The molecule has 2 aromatic carbocycles. The van der Waals surface area contributed by atoms with E-state index in [9.17, 15) is 4.79 Å². The normalized spacial score (nSPS) is 11.0. The van der Waals surface area contributed by atoms with Crippen LogP contribution in [0.2, 0.25) is 0 Å². The summed E-state index contributed by atoms with van der Waals surface area (Å²) < 4.78 is 18.1. The average molecular weight is 528 g/mol. The minimum atomic E-state index is -0.365. The summed E-state index contributed by atoms with van der Waals surface area (Å²) in [5.41, 5.74) is 5.20. The zero-order valence-electron chi connectivity index (χ0n) is 17.0. The topological polar surface area (TPSA) is 69.2 Å². The molecular formula is C21H24Br2N2O4. The van der Waals surface area contributed by atoms with Crippen LogP contribution in [0, 0.1) is 6.92 Å². The molecule has 0 saturated heterocycles. The summed E-state index contributed by atoms with van der Waals surface area (Å²) in [7, 11) is 3.14. The van der Waals surface area contributed by atoms with Crippen LogP contribution >= 0.6 is 31.9 Å². The summed E-state index contributed by atoms with van der Waals surface area (Å²) in [6.07, 6.45) is 1.51. The first-order valence-corrected chi connectivity index (χ1v) is 10.5.